The molecule has 21 heavy (non-hydrogen) atoms. The number of hydrogen-bond donors (Lipinski definition) is 0. The third kappa shape index (κ3) is 4.28. The summed E-state index contributed by atoms with van der Waals surface area (Å²) in [5.74, 6) is -0.456. The standard InChI is InChI=1S/C16H20FNO3/c1-21-16(20)13-8-10-18(11-9-13)15(19)7-4-12-2-5-14(17)6-3-12/h2-3,5-6,13H,4,7-11H2,1H3. The summed E-state index contributed by atoms with van der Waals surface area (Å²) >= 11 is 0. The maximum atomic E-state index is 12.8. The maximum Gasteiger partial charge on any atom is 0.308 e. The number of carbonyl (C=O) groups excluding carboxylic acids is 2. The van der Waals surface area contributed by atoms with E-state index in [-0.39, 0.29) is 23.6 Å². The van der Waals surface area contributed by atoms with E-state index in [0.29, 0.717) is 38.8 Å². The van der Waals surface area contributed by atoms with E-state index in [0.717, 1.165) is 5.56 Å². The van der Waals surface area contributed by atoms with Crippen molar-refractivity contribution in [2.45, 2.75) is 25.7 Å². The van der Waals surface area contributed by atoms with Gasteiger partial charge in [0, 0.05) is 19.5 Å². The normalized spacial score (nSPS) is 15.8. The molecule has 1 fully saturated rings. The first-order valence-corrected chi connectivity index (χ1v) is 7.20. The number of aryl methyl sites for hydroxylation is 1. The molecule has 4 nitrogen and oxygen atoms in total. The number of methoxy groups -OCH3 is 1. The van der Waals surface area contributed by atoms with Crippen molar-refractivity contribution >= 4 is 11.9 Å². The summed E-state index contributed by atoms with van der Waals surface area (Å²) in [5, 5.41) is 0. The maximum absolute atomic E-state index is 12.8. The van der Waals surface area contributed by atoms with Gasteiger partial charge < -0.3 is 9.64 Å². The summed E-state index contributed by atoms with van der Waals surface area (Å²) < 4.78 is 17.5. The molecule has 1 aromatic carbocycles. The molecule has 0 saturated carbocycles. The third-order valence-corrected chi connectivity index (χ3v) is 3.92. The Morgan fingerprint density at radius 3 is 2.43 bits per heavy atom. The number of piperidine rings is 1. The average molecular weight is 293 g/mol. The van der Waals surface area contributed by atoms with Crippen LogP contribution in [0.15, 0.2) is 24.3 Å². The minimum absolute atomic E-state index is 0.0858. The van der Waals surface area contributed by atoms with Gasteiger partial charge >= 0.3 is 5.97 Å². The van der Waals surface area contributed by atoms with Gasteiger partial charge in [0.05, 0.1) is 13.0 Å². The first kappa shape index (κ1) is 15.5. The zero-order valence-electron chi connectivity index (χ0n) is 12.2. The van der Waals surface area contributed by atoms with E-state index in [1.54, 1.807) is 17.0 Å². The predicted octanol–water partition coefficient (Wildman–Crippen LogP) is 2.17. The van der Waals surface area contributed by atoms with Gasteiger partial charge in [-0.1, -0.05) is 12.1 Å². The Hall–Kier alpha value is -1.91. The number of rotatable bonds is 4. The van der Waals surface area contributed by atoms with Gasteiger partial charge in [-0.05, 0) is 37.0 Å². The summed E-state index contributed by atoms with van der Waals surface area (Å²) in [6.45, 7) is 1.20. The monoisotopic (exact) mass is 293 g/mol. The van der Waals surface area contributed by atoms with Gasteiger partial charge in [-0.25, -0.2) is 4.39 Å². The molecule has 1 aliphatic heterocycles. The van der Waals surface area contributed by atoms with Crippen molar-refractivity contribution in [2.24, 2.45) is 5.92 Å². The largest absolute Gasteiger partial charge is 0.469 e. The van der Waals surface area contributed by atoms with E-state index in [1.807, 2.05) is 0 Å². The number of esters is 1. The van der Waals surface area contributed by atoms with E-state index >= 15 is 0 Å². The Labute approximate surface area is 123 Å². The van der Waals surface area contributed by atoms with Gasteiger partial charge in [-0.15, -0.1) is 0 Å². The van der Waals surface area contributed by atoms with Gasteiger partial charge in [0.15, 0.2) is 0 Å². The van der Waals surface area contributed by atoms with E-state index in [9.17, 15) is 14.0 Å². The Morgan fingerprint density at radius 1 is 1.24 bits per heavy atom. The lowest BCUT2D eigenvalue weighted by Gasteiger charge is -2.30. The van der Waals surface area contributed by atoms with Crippen molar-refractivity contribution in [3.05, 3.63) is 35.6 Å². The molecule has 0 atom stereocenters. The van der Waals surface area contributed by atoms with Crippen molar-refractivity contribution in [3.8, 4) is 0 Å². The summed E-state index contributed by atoms with van der Waals surface area (Å²) in [6, 6.07) is 6.21. The van der Waals surface area contributed by atoms with Crippen molar-refractivity contribution in [1.29, 1.82) is 0 Å². The molecule has 0 bridgehead atoms. The first-order valence-electron chi connectivity index (χ1n) is 7.20. The third-order valence-electron chi connectivity index (χ3n) is 3.92. The molecular weight excluding hydrogens is 273 g/mol. The van der Waals surface area contributed by atoms with Crippen LogP contribution in [0.1, 0.15) is 24.8 Å². The van der Waals surface area contributed by atoms with Crippen molar-refractivity contribution in [3.63, 3.8) is 0 Å². The number of halogens is 1. The lowest BCUT2D eigenvalue weighted by molar-refractivity contribution is -0.148. The fourth-order valence-electron chi connectivity index (χ4n) is 2.59. The number of nitrogens with zero attached hydrogens (tertiary/aromatic N) is 1. The zero-order valence-corrected chi connectivity index (χ0v) is 12.2. The number of ether oxygens (including phenoxy) is 1. The number of hydrogen-bond acceptors (Lipinski definition) is 3. The van der Waals surface area contributed by atoms with Crippen LogP contribution < -0.4 is 0 Å². The lowest BCUT2D eigenvalue weighted by atomic mass is 9.96. The van der Waals surface area contributed by atoms with E-state index in [4.69, 9.17) is 4.74 Å². The molecule has 0 radical (unpaired) electrons. The first-order chi connectivity index (χ1) is 10.1. The second-order valence-corrected chi connectivity index (χ2v) is 5.30. The molecule has 114 valence electrons. The van der Waals surface area contributed by atoms with E-state index in [1.165, 1.54) is 19.2 Å². The van der Waals surface area contributed by atoms with Crippen molar-refractivity contribution < 1.29 is 18.7 Å². The molecular formula is C16H20FNO3. The van der Waals surface area contributed by atoms with Crippen LogP contribution in [0.5, 0.6) is 0 Å². The Bertz CT molecular complexity index is 493. The minimum Gasteiger partial charge on any atom is -0.469 e. The number of carbonyl (C=O) groups is 2. The Morgan fingerprint density at radius 2 is 1.86 bits per heavy atom. The van der Waals surface area contributed by atoms with Crippen LogP contribution >= 0.6 is 0 Å². The smallest absolute Gasteiger partial charge is 0.308 e. The Kier molecular flexibility index (Phi) is 5.31. The molecule has 1 amide bonds. The molecule has 1 heterocycles. The van der Waals surface area contributed by atoms with Crippen LogP contribution in [-0.4, -0.2) is 37.0 Å². The van der Waals surface area contributed by atoms with Gasteiger partial charge in [0.1, 0.15) is 5.82 Å². The summed E-state index contributed by atoms with van der Waals surface area (Å²) in [7, 11) is 1.39. The summed E-state index contributed by atoms with van der Waals surface area (Å²) in [4.78, 5) is 25.3. The molecule has 2 rings (SSSR count). The highest BCUT2D eigenvalue weighted by Gasteiger charge is 2.27. The van der Waals surface area contributed by atoms with Crippen molar-refractivity contribution in [1.82, 2.24) is 4.90 Å². The molecule has 1 aliphatic rings. The fourth-order valence-corrected chi connectivity index (χ4v) is 2.59. The molecule has 0 aromatic heterocycles. The van der Waals surface area contributed by atoms with Crippen molar-refractivity contribution in [2.75, 3.05) is 20.2 Å². The van der Waals surface area contributed by atoms with Gasteiger partial charge in [-0.3, -0.25) is 9.59 Å². The lowest BCUT2D eigenvalue weighted by Crippen LogP contribution is -2.40. The minimum atomic E-state index is -0.269. The van der Waals surface area contributed by atoms with Gasteiger partial charge in [0.2, 0.25) is 5.91 Å². The van der Waals surface area contributed by atoms with Crippen LogP contribution in [0, 0.1) is 11.7 Å². The quantitative estimate of drug-likeness (QED) is 0.799. The van der Waals surface area contributed by atoms with Gasteiger partial charge in [-0.2, -0.15) is 0 Å². The molecule has 1 aromatic rings. The molecule has 0 spiro atoms. The zero-order chi connectivity index (χ0) is 15.2. The number of benzene rings is 1. The molecule has 0 N–H and O–H groups in total. The second kappa shape index (κ2) is 7.20. The van der Waals surface area contributed by atoms with Crippen LogP contribution in [0.3, 0.4) is 0 Å². The number of likely N-dealkylation sites (tertiary alicyclic amines) is 1. The van der Waals surface area contributed by atoms with Crippen LogP contribution in [-0.2, 0) is 20.7 Å². The number of amides is 1. The van der Waals surface area contributed by atoms with Crippen LogP contribution in [0.2, 0.25) is 0 Å². The highest BCUT2D eigenvalue weighted by molar-refractivity contribution is 5.77. The van der Waals surface area contributed by atoms with Crippen LogP contribution in [0.25, 0.3) is 0 Å². The van der Waals surface area contributed by atoms with E-state index in [2.05, 4.69) is 0 Å². The molecule has 5 heteroatoms. The highest BCUT2D eigenvalue weighted by Crippen LogP contribution is 2.19. The topological polar surface area (TPSA) is 46.6 Å². The SMILES string of the molecule is COC(=O)C1CCN(C(=O)CCc2ccc(F)cc2)CC1. The summed E-state index contributed by atoms with van der Waals surface area (Å²) in [6.07, 6.45) is 2.34. The predicted molar refractivity (Wildman–Crippen MR) is 76.0 cm³/mol. The van der Waals surface area contributed by atoms with Gasteiger partial charge in [0.25, 0.3) is 0 Å². The molecule has 0 aliphatic carbocycles. The summed E-state index contributed by atoms with van der Waals surface area (Å²) in [5.41, 5.74) is 0.953. The molecule has 1 saturated heterocycles. The average Bonchev–Trinajstić information content (AvgIpc) is 2.53. The Balaban J connectivity index is 1.77. The fraction of sp³-hybridized carbons (Fsp3) is 0.500. The molecule has 0 unspecified atom stereocenters. The second-order valence-electron chi connectivity index (χ2n) is 5.30. The van der Waals surface area contributed by atoms with E-state index < -0.39 is 0 Å². The highest BCUT2D eigenvalue weighted by atomic mass is 19.1. The van der Waals surface area contributed by atoms with Crippen LogP contribution in [0.4, 0.5) is 4.39 Å².